The summed E-state index contributed by atoms with van der Waals surface area (Å²) in [5.74, 6) is -0.191. The van der Waals surface area contributed by atoms with E-state index in [0.717, 1.165) is 15.7 Å². The summed E-state index contributed by atoms with van der Waals surface area (Å²) in [4.78, 5) is 24.6. The maximum Gasteiger partial charge on any atom is 0.269 e. The fraction of sp³-hybridized carbons (Fsp3) is 0.111. The molecule has 0 saturated carbocycles. The molecule has 0 N–H and O–H groups in total. The minimum absolute atomic E-state index is 0.00246. The van der Waals surface area contributed by atoms with E-state index in [-0.39, 0.29) is 11.6 Å². The molecule has 0 bridgehead atoms. The summed E-state index contributed by atoms with van der Waals surface area (Å²) >= 11 is 3.41. The number of benzene rings is 2. The van der Waals surface area contributed by atoms with Crippen molar-refractivity contribution in [3.05, 3.63) is 80.6 Å². The van der Waals surface area contributed by atoms with Crippen LogP contribution in [0.3, 0.4) is 0 Å². The van der Waals surface area contributed by atoms with E-state index in [9.17, 15) is 14.9 Å². The molecule has 0 aliphatic rings. The van der Waals surface area contributed by atoms with Crippen LogP contribution in [0.1, 0.15) is 15.9 Å². The molecule has 7 nitrogen and oxygen atoms in total. The summed E-state index contributed by atoms with van der Waals surface area (Å²) in [7, 11) is 1.71. The van der Waals surface area contributed by atoms with Gasteiger partial charge in [0.2, 0.25) is 0 Å². The number of non-ortho nitro benzene ring substituents is 1. The highest BCUT2D eigenvalue weighted by Gasteiger charge is 2.17. The topological polar surface area (TPSA) is 81.3 Å². The van der Waals surface area contributed by atoms with Crippen LogP contribution < -0.4 is 4.90 Å². The molecule has 0 saturated heterocycles. The van der Waals surface area contributed by atoms with Crippen LogP contribution in [-0.4, -0.2) is 27.7 Å². The maximum absolute atomic E-state index is 12.7. The molecule has 1 aromatic heterocycles. The van der Waals surface area contributed by atoms with Gasteiger partial charge < -0.3 is 4.90 Å². The van der Waals surface area contributed by atoms with Crippen molar-refractivity contribution in [1.82, 2.24) is 9.78 Å². The smallest absolute Gasteiger partial charge is 0.269 e. The third-order valence-corrected chi connectivity index (χ3v) is 4.47. The molecule has 3 rings (SSSR count). The van der Waals surface area contributed by atoms with Gasteiger partial charge in [0, 0.05) is 35.5 Å². The largest absolute Gasteiger partial charge is 0.311 e. The molecule has 3 aromatic rings. The number of halogens is 1. The highest BCUT2D eigenvalue weighted by atomic mass is 79.9. The molecule has 2 aromatic carbocycles. The highest BCUT2D eigenvalue weighted by molar-refractivity contribution is 9.10. The quantitative estimate of drug-likeness (QED) is 0.474. The zero-order chi connectivity index (χ0) is 18.8. The fourth-order valence-corrected chi connectivity index (χ4v) is 3.08. The average molecular weight is 415 g/mol. The molecule has 1 heterocycles. The van der Waals surface area contributed by atoms with E-state index in [4.69, 9.17) is 0 Å². The number of aromatic nitrogens is 2. The summed E-state index contributed by atoms with van der Waals surface area (Å²) in [6, 6.07) is 11.7. The van der Waals surface area contributed by atoms with E-state index in [1.807, 2.05) is 25.1 Å². The molecule has 26 heavy (non-hydrogen) atoms. The van der Waals surface area contributed by atoms with Crippen LogP contribution in [-0.2, 0) is 0 Å². The van der Waals surface area contributed by atoms with E-state index < -0.39 is 4.92 Å². The Bertz CT molecular complexity index is 982. The second-order valence-electron chi connectivity index (χ2n) is 5.74. The number of hydrogen-bond acceptors (Lipinski definition) is 4. The Morgan fingerprint density at radius 3 is 2.54 bits per heavy atom. The van der Waals surface area contributed by atoms with Crippen molar-refractivity contribution in [1.29, 1.82) is 0 Å². The van der Waals surface area contributed by atoms with Gasteiger partial charge in [0.05, 0.1) is 22.4 Å². The van der Waals surface area contributed by atoms with Gasteiger partial charge in [-0.05, 0) is 42.8 Å². The van der Waals surface area contributed by atoms with Crippen LogP contribution in [0.4, 0.5) is 11.4 Å². The predicted molar refractivity (Wildman–Crippen MR) is 102 cm³/mol. The van der Waals surface area contributed by atoms with Crippen molar-refractivity contribution in [2.24, 2.45) is 0 Å². The maximum atomic E-state index is 12.7. The standard InChI is InChI=1S/C18H15BrN4O3/c1-12-9-14(19)3-8-17(12)21(2)18(24)13-10-20-22(11-13)15-4-6-16(7-5-15)23(25)26/h3-11H,1-2H3. The van der Waals surface area contributed by atoms with Gasteiger partial charge in [-0.1, -0.05) is 15.9 Å². The lowest BCUT2D eigenvalue weighted by atomic mass is 10.1. The van der Waals surface area contributed by atoms with Gasteiger partial charge >= 0.3 is 0 Å². The Labute approximate surface area is 158 Å². The molecule has 1 amide bonds. The highest BCUT2D eigenvalue weighted by Crippen LogP contribution is 2.24. The number of carbonyl (C=O) groups is 1. The normalized spacial score (nSPS) is 10.6. The van der Waals surface area contributed by atoms with Crippen LogP contribution in [0, 0.1) is 17.0 Å². The third kappa shape index (κ3) is 3.50. The first-order valence-corrected chi connectivity index (χ1v) is 8.50. The molecule has 0 aliphatic heterocycles. The van der Waals surface area contributed by atoms with Crippen molar-refractivity contribution < 1.29 is 9.72 Å². The summed E-state index contributed by atoms with van der Waals surface area (Å²) in [5.41, 5.74) is 2.84. The van der Waals surface area contributed by atoms with Crippen molar-refractivity contribution in [2.45, 2.75) is 6.92 Å². The monoisotopic (exact) mass is 414 g/mol. The zero-order valence-corrected chi connectivity index (χ0v) is 15.7. The Kier molecular flexibility index (Phi) is 4.85. The lowest BCUT2D eigenvalue weighted by Crippen LogP contribution is -2.26. The number of anilines is 1. The number of carbonyl (C=O) groups excluding carboxylic acids is 1. The number of aryl methyl sites for hydroxylation is 1. The van der Waals surface area contributed by atoms with Gasteiger partial charge in [-0.25, -0.2) is 4.68 Å². The Hall–Kier alpha value is -3.00. The van der Waals surface area contributed by atoms with Gasteiger partial charge in [0.15, 0.2) is 0 Å². The number of amides is 1. The summed E-state index contributed by atoms with van der Waals surface area (Å²) < 4.78 is 2.46. The molecule has 0 radical (unpaired) electrons. The summed E-state index contributed by atoms with van der Waals surface area (Å²) in [6.07, 6.45) is 3.09. The van der Waals surface area contributed by atoms with Gasteiger partial charge in [-0.15, -0.1) is 0 Å². The Morgan fingerprint density at radius 2 is 1.92 bits per heavy atom. The molecule has 0 fully saturated rings. The van der Waals surface area contributed by atoms with Gasteiger partial charge in [0.1, 0.15) is 0 Å². The molecule has 0 unspecified atom stereocenters. The van der Waals surface area contributed by atoms with Gasteiger partial charge in [0.25, 0.3) is 11.6 Å². The number of nitrogens with zero attached hydrogens (tertiary/aromatic N) is 4. The first-order chi connectivity index (χ1) is 12.4. The molecule has 0 atom stereocenters. The van der Waals surface area contributed by atoms with Crippen molar-refractivity contribution in [2.75, 3.05) is 11.9 Å². The van der Waals surface area contributed by atoms with Crippen LogP contribution in [0.25, 0.3) is 5.69 Å². The van der Waals surface area contributed by atoms with E-state index in [0.29, 0.717) is 11.3 Å². The predicted octanol–water partition coefficient (Wildman–Crippen LogP) is 4.13. The van der Waals surface area contributed by atoms with E-state index >= 15 is 0 Å². The molecular formula is C18H15BrN4O3. The second kappa shape index (κ2) is 7.09. The molecule has 132 valence electrons. The molecule has 8 heteroatoms. The van der Waals surface area contributed by atoms with Crippen molar-refractivity contribution in [3.8, 4) is 5.69 Å². The van der Waals surface area contributed by atoms with E-state index in [1.165, 1.54) is 23.0 Å². The van der Waals surface area contributed by atoms with Crippen molar-refractivity contribution >= 4 is 33.2 Å². The Balaban J connectivity index is 1.84. The molecule has 0 spiro atoms. The minimum Gasteiger partial charge on any atom is -0.311 e. The van der Waals surface area contributed by atoms with Crippen LogP contribution >= 0.6 is 15.9 Å². The number of nitro groups is 1. The van der Waals surface area contributed by atoms with Crippen LogP contribution in [0.5, 0.6) is 0 Å². The lowest BCUT2D eigenvalue weighted by molar-refractivity contribution is -0.384. The third-order valence-electron chi connectivity index (χ3n) is 3.98. The molecular weight excluding hydrogens is 400 g/mol. The first kappa shape index (κ1) is 17.8. The van der Waals surface area contributed by atoms with Crippen LogP contribution in [0.2, 0.25) is 0 Å². The second-order valence-corrected chi connectivity index (χ2v) is 6.66. The summed E-state index contributed by atoms with van der Waals surface area (Å²) in [6.45, 7) is 1.93. The van der Waals surface area contributed by atoms with E-state index in [2.05, 4.69) is 21.0 Å². The number of rotatable bonds is 4. The average Bonchev–Trinajstić information content (AvgIpc) is 3.10. The first-order valence-electron chi connectivity index (χ1n) is 7.70. The van der Waals surface area contributed by atoms with Gasteiger partial charge in [-0.2, -0.15) is 5.10 Å². The fourth-order valence-electron chi connectivity index (χ4n) is 2.60. The number of hydrogen-bond donors (Lipinski definition) is 0. The SMILES string of the molecule is Cc1cc(Br)ccc1N(C)C(=O)c1cnn(-c2ccc([N+](=O)[O-])cc2)c1. The van der Waals surface area contributed by atoms with Crippen LogP contribution in [0.15, 0.2) is 59.3 Å². The summed E-state index contributed by atoms with van der Waals surface area (Å²) in [5, 5.41) is 14.9. The minimum atomic E-state index is -0.461. The Morgan fingerprint density at radius 1 is 1.23 bits per heavy atom. The number of nitro benzene ring substituents is 1. The zero-order valence-electron chi connectivity index (χ0n) is 14.1. The van der Waals surface area contributed by atoms with E-state index in [1.54, 1.807) is 30.3 Å². The van der Waals surface area contributed by atoms with Crippen molar-refractivity contribution in [3.63, 3.8) is 0 Å². The lowest BCUT2D eigenvalue weighted by Gasteiger charge is -2.19. The molecule has 0 aliphatic carbocycles. The van der Waals surface area contributed by atoms with Gasteiger partial charge in [-0.3, -0.25) is 14.9 Å².